The highest BCUT2D eigenvalue weighted by Gasteiger charge is 1.93. The third-order valence-corrected chi connectivity index (χ3v) is 1.67. The maximum Gasteiger partial charge on any atom is 0.213 e. The second kappa shape index (κ2) is 7.90. The van der Waals surface area contributed by atoms with Crippen LogP contribution in [-0.4, -0.2) is 25.0 Å². The summed E-state index contributed by atoms with van der Waals surface area (Å²) < 4.78 is 0. The van der Waals surface area contributed by atoms with Gasteiger partial charge in [0.2, 0.25) is 5.96 Å². The van der Waals surface area contributed by atoms with Gasteiger partial charge in [-0.3, -0.25) is 5.43 Å². The highest BCUT2D eigenvalue weighted by Crippen LogP contribution is 2.09. The summed E-state index contributed by atoms with van der Waals surface area (Å²) in [6.45, 7) is 0. The lowest BCUT2D eigenvalue weighted by Crippen LogP contribution is -2.31. The van der Waals surface area contributed by atoms with E-state index in [0.717, 1.165) is 11.4 Å². The van der Waals surface area contributed by atoms with E-state index in [9.17, 15) is 0 Å². The molecule has 92 valence electrons. The number of benzene rings is 1. The van der Waals surface area contributed by atoms with Gasteiger partial charge in [-0.25, -0.2) is 0 Å². The second-order valence-electron chi connectivity index (χ2n) is 3.10. The van der Waals surface area contributed by atoms with Gasteiger partial charge < -0.3 is 16.4 Å². The summed E-state index contributed by atoms with van der Waals surface area (Å²) in [6, 6.07) is 7.26. The SMILES string of the molecule is CN(C)C(N)=NNc1ccc(N)cc1.Cl.Cl. The van der Waals surface area contributed by atoms with Gasteiger partial charge >= 0.3 is 0 Å². The van der Waals surface area contributed by atoms with Gasteiger partial charge in [0.25, 0.3) is 0 Å². The molecule has 0 fully saturated rings. The first-order valence-electron chi connectivity index (χ1n) is 4.21. The molecule has 0 spiro atoms. The fourth-order valence-corrected chi connectivity index (χ4v) is 0.779. The molecule has 7 heteroatoms. The van der Waals surface area contributed by atoms with Crippen molar-refractivity contribution in [2.24, 2.45) is 10.8 Å². The first kappa shape index (κ1) is 17.1. The summed E-state index contributed by atoms with van der Waals surface area (Å²) in [6.07, 6.45) is 0. The Labute approximate surface area is 108 Å². The molecule has 0 amide bonds. The van der Waals surface area contributed by atoms with Crippen LogP contribution in [0.2, 0.25) is 0 Å². The van der Waals surface area contributed by atoms with E-state index in [4.69, 9.17) is 11.5 Å². The van der Waals surface area contributed by atoms with Gasteiger partial charge in [-0.2, -0.15) is 0 Å². The van der Waals surface area contributed by atoms with E-state index in [2.05, 4.69) is 10.5 Å². The van der Waals surface area contributed by atoms with Crippen molar-refractivity contribution in [3.63, 3.8) is 0 Å². The van der Waals surface area contributed by atoms with E-state index < -0.39 is 0 Å². The van der Waals surface area contributed by atoms with Gasteiger partial charge in [0, 0.05) is 19.8 Å². The molecule has 0 saturated carbocycles. The monoisotopic (exact) mass is 265 g/mol. The summed E-state index contributed by atoms with van der Waals surface area (Å²) in [5.41, 5.74) is 15.5. The van der Waals surface area contributed by atoms with Crippen LogP contribution in [0.5, 0.6) is 0 Å². The van der Waals surface area contributed by atoms with Crippen molar-refractivity contribution in [1.82, 2.24) is 4.90 Å². The third-order valence-electron chi connectivity index (χ3n) is 1.67. The van der Waals surface area contributed by atoms with Crippen molar-refractivity contribution in [1.29, 1.82) is 0 Å². The van der Waals surface area contributed by atoms with Gasteiger partial charge in [-0.1, -0.05) is 0 Å². The molecular weight excluding hydrogens is 249 g/mol. The molecule has 0 atom stereocenters. The van der Waals surface area contributed by atoms with E-state index in [-0.39, 0.29) is 24.8 Å². The van der Waals surface area contributed by atoms with Crippen LogP contribution in [-0.2, 0) is 0 Å². The van der Waals surface area contributed by atoms with E-state index in [0.29, 0.717) is 5.96 Å². The Hall–Kier alpha value is -1.33. The van der Waals surface area contributed by atoms with Crippen LogP contribution in [0.3, 0.4) is 0 Å². The van der Waals surface area contributed by atoms with Crippen molar-refractivity contribution >= 4 is 42.1 Å². The van der Waals surface area contributed by atoms with Crippen LogP contribution in [0.25, 0.3) is 0 Å². The highest BCUT2D eigenvalue weighted by atomic mass is 35.5. The molecule has 0 aliphatic carbocycles. The number of nitrogens with two attached hydrogens (primary N) is 2. The molecule has 0 aliphatic rings. The molecule has 16 heavy (non-hydrogen) atoms. The van der Waals surface area contributed by atoms with Crippen molar-refractivity contribution in [3.8, 4) is 0 Å². The lowest BCUT2D eigenvalue weighted by Gasteiger charge is -2.10. The Balaban J connectivity index is 0. The van der Waals surface area contributed by atoms with E-state index in [1.54, 1.807) is 17.0 Å². The Bertz CT molecular complexity index is 323. The number of guanidine groups is 1. The zero-order valence-electron chi connectivity index (χ0n) is 9.18. The number of rotatable bonds is 2. The summed E-state index contributed by atoms with van der Waals surface area (Å²) in [5.74, 6) is 0.418. The number of anilines is 2. The molecule has 1 aromatic rings. The fraction of sp³-hybridized carbons (Fsp3) is 0.222. The first-order chi connectivity index (χ1) is 6.59. The molecule has 5 nitrogen and oxygen atoms in total. The van der Waals surface area contributed by atoms with E-state index in [1.807, 2.05) is 26.2 Å². The number of nitrogens with one attached hydrogen (secondary N) is 1. The number of hydrazone groups is 1. The molecule has 0 aliphatic heterocycles. The van der Waals surface area contributed by atoms with Crippen molar-refractivity contribution < 1.29 is 0 Å². The van der Waals surface area contributed by atoms with Gasteiger partial charge in [0.05, 0.1) is 5.69 Å². The zero-order valence-corrected chi connectivity index (χ0v) is 10.8. The average molecular weight is 266 g/mol. The Morgan fingerprint density at radius 3 is 2.12 bits per heavy atom. The van der Waals surface area contributed by atoms with Crippen LogP contribution in [0.1, 0.15) is 0 Å². The minimum absolute atomic E-state index is 0. The molecular formula is C9H17Cl2N5. The van der Waals surface area contributed by atoms with Crippen molar-refractivity contribution in [3.05, 3.63) is 24.3 Å². The Morgan fingerprint density at radius 2 is 1.69 bits per heavy atom. The van der Waals surface area contributed by atoms with Gasteiger partial charge in [-0.15, -0.1) is 29.9 Å². The molecule has 0 unspecified atom stereocenters. The Morgan fingerprint density at radius 1 is 1.19 bits per heavy atom. The van der Waals surface area contributed by atoms with Crippen LogP contribution < -0.4 is 16.9 Å². The number of nitrogens with zero attached hydrogens (tertiary/aromatic N) is 2. The maximum atomic E-state index is 5.58. The van der Waals surface area contributed by atoms with Crippen molar-refractivity contribution in [2.75, 3.05) is 25.3 Å². The predicted octanol–water partition coefficient (Wildman–Crippen LogP) is 1.32. The second-order valence-corrected chi connectivity index (χ2v) is 3.10. The number of hydrogen-bond acceptors (Lipinski definition) is 3. The minimum Gasteiger partial charge on any atom is -0.399 e. The zero-order chi connectivity index (χ0) is 10.6. The predicted molar refractivity (Wildman–Crippen MR) is 74.3 cm³/mol. The first-order valence-corrected chi connectivity index (χ1v) is 4.21. The van der Waals surface area contributed by atoms with Crippen LogP contribution >= 0.6 is 24.8 Å². The van der Waals surface area contributed by atoms with Gasteiger partial charge in [-0.05, 0) is 24.3 Å². The molecule has 0 radical (unpaired) electrons. The summed E-state index contributed by atoms with van der Waals surface area (Å²) in [5, 5.41) is 3.95. The van der Waals surface area contributed by atoms with Gasteiger partial charge in [0.1, 0.15) is 0 Å². The summed E-state index contributed by atoms with van der Waals surface area (Å²) in [7, 11) is 3.65. The summed E-state index contributed by atoms with van der Waals surface area (Å²) in [4.78, 5) is 1.71. The molecule has 5 N–H and O–H groups in total. The smallest absolute Gasteiger partial charge is 0.213 e. The lowest BCUT2D eigenvalue weighted by atomic mass is 10.3. The minimum atomic E-state index is 0. The highest BCUT2D eigenvalue weighted by molar-refractivity contribution is 5.85. The Kier molecular flexibility index (Phi) is 8.43. The molecule has 0 aromatic heterocycles. The third kappa shape index (κ3) is 5.53. The van der Waals surface area contributed by atoms with Crippen LogP contribution in [0.15, 0.2) is 29.4 Å². The maximum absolute atomic E-state index is 5.58. The average Bonchev–Trinajstić information content (AvgIpc) is 2.16. The molecule has 0 saturated heterocycles. The number of halogens is 2. The van der Waals surface area contributed by atoms with Crippen LogP contribution in [0, 0.1) is 0 Å². The number of nitrogen functional groups attached to an aromatic ring is 1. The fourth-order valence-electron chi connectivity index (χ4n) is 0.779. The summed E-state index contributed by atoms with van der Waals surface area (Å²) >= 11 is 0. The molecule has 1 rings (SSSR count). The standard InChI is InChI=1S/C9H15N5.2ClH/c1-14(2)9(11)13-12-8-5-3-7(10)4-6-8;;/h3-6,12H,10H2,1-2H3,(H2,11,13);2*1H. The number of hydrogen-bond donors (Lipinski definition) is 3. The largest absolute Gasteiger partial charge is 0.399 e. The van der Waals surface area contributed by atoms with Crippen molar-refractivity contribution in [2.45, 2.75) is 0 Å². The lowest BCUT2D eigenvalue weighted by molar-refractivity contribution is 0.613. The molecule has 0 bridgehead atoms. The van der Waals surface area contributed by atoms with Gasteiger partial charge in [0.15, 0.2) is 0 Å². The molecule has 0 heterocycles. The molecule has 1 aromatic carbocycles. The van der Waals surface area contributed by atoms with E-state index >= 15 is 0 Å². The normalized spacial score (nSPS) is 9.75. The quantitative estimate of drug-likeness (QED) is 0.326. The topological polar surface area (TPSA) is 79.7 Å². The van der Waals surface area contributed by atoms with E-state index in [1.165, 1.54) is 0 Å². The van der Waals surface area contributed by atoms with Crippen LogP contribution in [0.4, 0.5) is 11.4 Å².